The van der Waals surface area contributed by atoms with E-state index in [4.69, 9.17) is 11.6 Å². The zero-order chi connectivity index (χ0) is 12.4. The molecular weight excluding hydrogens is 369 g/mol. The van der Waals surface area contributed by atoms with Gasteiger partial charge in [-0.1, -0.05) is 27.5 Å². The van der Waals surface area contributed by atoms with Crippen molar-refractivity contribution in [2.45, 2.75) is 6.42 Å². The van der Waals surface area contributed by atoms with Gasteiger partial charge in [0.05, 0.1) is 5.56 Å². The second-order valence-corrected chi connectivity index (χ2v) is 6.12. The normalized spacial score (nSPS) is 19.7. The van der Waals surface area contributed by atoms with Crippen LogP contribution in [0.2, 0.25) is 5.02 Å². The Morgan fingerprint density at radius 3 is 2.88 bits per heavy atom. The van der Waals surface area contributed by atoms with Crippen molar-refractivity contribution in [3.05, 3.63) is 33.3 Å². The Morgan fingerprint density at radius 2 is 2.29 bits per heavy atom. The van der Waals surface area contributed by atoms with Crippen LogP contribution in [0.5, 0.6) is 0 Å². The van der Waals surface area contributed by atoms with Crippen molar-refractivity contribution in [3.8, 4) is 0 Å². The van der Waals surface area contributed by atoms with Crippen LogP contribution in [0.3, 0.4) is 0 Å². The van der Waals surface area contributed by atoms with E-state index in [0.29, 0.717) is 16.5 Å². The molecule has 1 saturated heterocycles. The van der Waals surface area contributed by atoms with Gasteiger partial charge in [0.15, 0.2) is 0 Å². The summed E-state index contributed by atoms with van der Waals surface area (Å²) < 4.78 is 0.761. The second kappa shape index (κ2) is 5.72. The third kappa shape index (κ3) is 3.04. The highest BCUT2D eigenvalue weighted by molar-refractivity contribution is 9.10. The van der Waals surface area contributed by atoms with Gasteiger partial charge in [-0.3, -0.25) is 4.79 Å². The molecule has 1 unspecified atom stereocenters. The first-order valence-corrected chi connectivity index (χ1v) is 7.71. The number of halogens is 3. The Hall–Kier alpha value is -0.0600. The molecular formula is C12H12Br2ClNO. The molecule has 2 nitrogen and oxygen atoms in total. The predicted octanol–water partition coefficient (Wildman–Crippen LogP) is 3.96. The van der Waals surface area contributed by atoms with Crippen LogP contribution in [0.25, 0.3) is 0 Å². The molecule has 0 bridgehead atoms. The lowest BCUT2D eigenvalue weighted by atomic mass is 10.2. The molecule has 1 heterocycles. The Kier molecular flexibility index (Phi) is 4.50. The van der Waals surface area contributed by atoms with Crippen LogP contribution in [0.1, 0.15) is 16.8 Å². The Morgan fingerprint density at radius 1 is 1.53 bits per heavy atom. The molecule has 0 saturated carbocycles. The van der Waals surface area contributed by atoms with Crippen LogP contribution in [0.4, 0.5) is 0 Å². The standard InChI is InChI=1S/C12H12Br2ClNO/c13-6-8-3-4-16(7-8)12(17)10-2-1-9(15)5-11(10)14/h1-2,5,8H,3-4,6-7H2. The zero-order valence-electron chi connectivity index (χ0n) is 9.13. The number of hydrogen-bond acceptors (Lipinski definition) is 1. The molecule has 2 rings (SSSR count). The summed E-state index contributed by atoms with van der Waals surface area (Å²) in [4.78, 5) is 14.2. The molecule has 0 aromatic heterocycles. The van der Waals surface area contributed by atoms with Crippen molar-refractivity contribution < 1.29 is 4.79 Å². The van der Waals surface area contributed by atoms with Crippen LogP contribution in [-0.2, 0) is 0 Å². The molecule has 92 valence electrons. The summed E-state index contributed by atoms with van der Waals surface area (Å²) in [6.07, 6.45) is 1.07. The minimum absolute atomic E-state index is 0.0805. The van der Waals surface area contributed by atoms with E-state index in [-0.39, 0.29) is 5.91 Å². The van der Waals surface area contributed by atoms with Crippen molar-refractivity contribution in [2.75, 3.05) is 18.4 Å². The topological polar surface area (TPSA) is 20.3 Å². The van der Waals surface area contributed by atoms with Crippen molar-refractivity contribution in [1.82, 2.24) is 4.90 Å². The lowest BCUT2D eigenvalue weighted by molar-refractivity contribution is 0.0787. The van der Waals surface area contributed by atoms with E-state index in [1.165, 1.54) is 0 Å². The van der Waals surface area contributed by atoms with E-state index in [1.807, 2.05) is 4.90 Å². The van der Waals surface area contributed by atoms with E-state index < -0.39 is 0 Å². The SMILES string of the molecule is O=C(c1ccc(Cl)cc1Br)N1CCC(CBr)C1. The summed E-state index contributed by atoms with van der Waals surface area (Å²) in [5.41, 5.74) is 0.685. The summed E-state index contributed by atoms with van der Waals surface area (Å²) in [5.74, 6) is 0.655. The van der Waals surface area contributed by atoms with Gasteiger partial charge in [0, 0.05) is 27.9 Å². The van der Waals surface area contributed by atoms with Gasteiger partial charge in [0.25, 0.3) is 5.91 Å². The predicted molar refractivity (Wildman–Crippen MR) is 77.0 cm³/mol. The van der Waals surface area contributed by atoms with Crippen LogP contribution in [0.15, 0.2) is 22.7 Å². The third-order valence-corrected chi connectivity index (χ3v) is 4.76. The molecule has 1 aromatic rings. The van der Waals surface area contributed by atoms with Crippen LogP contribution >= 0.6 is 43.5 Å². The Labute approximate surface area is 123 Å². The number of nitrogens with zero attached hydrogens (tertiary/aromatic N) is 1. The van der Waals surface area contributed by atoms with Gasteiger partial charge in [0.1, 0.15) is 0 Å². The Balaban J connectivity index is 2.15. The van der Waals surface area contributed by atoms with E-state index in [9.17, 15) is 4.79 Å². The molecule has 0 spiro atoms. The number of hydrogen-bond donors (Lipinski definition) is 0. The first kappa shape index (κ1) is 13.4. The smallest absolute Gasteiger partial charge is 0.255 e. The second-order valence-electron chi connectivity index (χ2n) is 4.18. The highest BCUT2D eigenvalue weighted by atomic mass is 79.9. The minimum atomic E-state index is 0.0805. The monoisotopic (exact) mass is 379 g/mol. The fourth-order valence-corrected chi connectivity index (χ4v) is 3.36. The van der Waals surface area contributed by atoms with E-state index in [1.54, 1.807) is 18.2 Å². The first-order chi connectivity index (χ1) is 8.11. The minimum Gasteiger partial charge on any atom is -0.338 e. The maximum atomic E-state index is 12.3. The number of carbonyl (C=O) groups excluding carboxylic acids is 1. The lowest BCUT2D eigenvalue weighted by Crippen LogP contribution is -2.29. The number of likely N-dealkylation sites (tertiary alicyclic amines) is 1. The van der Waals surface area contributed by atoms with Crippen molar-refractivity contribution in [3.63, 3.8) is 0 Å². The van der Waals surface area contributed by atoms with Gasteiger partial charge in [-0.2, -0.15) is 0 Å². The summed E-state index contributed by atoms with van der Waals surface area (Å²) in [6.45, 7) is 1.67. The molecule has 1 atom stereocenters. The Bertz CT molecular complexity index is 439. The molecule has 1 aliphatic heterocycles. The third-order valence-electron chi connectivity index (χ3n) is 2.95. The molecule has 0 radical (unpaired) electrons. The zero-order valence-corrected chi connectivity index (χ0v) is 13.1. The first-order valence-electron chi connectivity index (χ1n) is 5.42. The number of carbonyl (C=O) groups is 1. The molecule has 0 aliphatic carbocycles. The van der Waals surface area contributed by atoms with Crippen molar-refractivity contribution in [1.29, 1.82) is 0 Å². The summed E-state index contributed by atoms with van der Waals surface area (Å²) in [5, 5.41) is 1.59. The van der Waals surface area contributed by atoms with Crippen molar-refractivity contribution in [2.24, 2.45) is 5.92 Å². The summed E-state index contributed by atoms with van der Waals surface area (Å²) in [7, 11) is 0. The van der Waals surface area contributed by atoms with Crippen molar-refractivity contribution >= 4 is 49.4 Å². The van der Waals surface area contributed by atoms with Gasteiger partial charge in [-0.25, -0.2) is 0 Å². The number of benzene rings is 1. The van der Waals surface area contributed by atoms with Gasteiger partial charge in [0.2, 0.25) is 0 Å². The quantitative estimate of drug-likeness (QED) is 0.710. The fraction of sp³-hybridized carbons (Fsp3) is 0.417. The van der Waals surface area contributed by atoms with Gasteiger partial charge < -0.3 is 4.90 Å². The molecule has 1 amide bonds. The fourth-order valence-electron chi connectivity index (χ4n) is 1.98. The number of rotatable bonds is 2. The molecule has 1 fully saturated rings. The van der Waals surface area contributed by atoms with Crippen LogP contribution < -0.4 is 0 Å². The van der Waals surface area contributed by atoms with E-state index in [2.05, 4.69) is 31.9 Å². The van der Waals surface area contributed by atoms with Gasteiger partial charge in [-0.15, -0.1) is 0 Å². The van der Waals surface area contributed by atoms with E-state index in [0.717, 1.165) is 29.3 Å². The molecule has 5 heteroatoms. The summed E-state index contributed by atoms with van der Waals surface area (Å²) in [6, 6.07) is 5.28. The summed E-state index contributed by atoms with van der Waals surface area (Å²) >= 11 is 12.7. The maximum Gasteiger partial charge on any atom is 0.255 e. The highest BCUT2D eigenvalue weighted by Gasteiger charge is 2.27. The average molecular weight is 381 g/mol. The molecule has 0 N–H and O–H groups in total. The highest BCUT2D eigenvalue weighted by Crippen LogP contribution is 2.26. The largest absolute Gasteiger partial charge is 0.338 e. The lowest BCUT2D eigenvalue weighted by Gasteiger charge is -2.17. The van der Waals surface area contributed by atoms with E-state index >= 15 is 0 Å². The molecule has 1 aromatic carbocycles. The molecule has 1 aliphatic rings. The van der Waals surface area contributed by atoms with Gasteiger partial charge >= 0.3 is 0 Å². The molecule has 17 heavy (non-hydrogen) atoms. The average Bonchev–Trinajstić information content (AvgIpc) is 2.76. The number of amides is 1. The van der Waals surface area contributed by atoms with Gasteiger partial charge in [-0.05, 0) is 46.5 Å². The van der Waals surface area contributed by atoms with Crippen LogP contribution in [0, 0.1) is 5.92 Å². The number of alkyl halides is 1. The maximum absolute atomic E-state index is 12.3. The van der Waals surface area contributed by atoms with Crippen LogP contribution in [-0.4, -0.2) is 29.2 Å².